The molecule has 4 rings (SSSR count). The topological polar surface area (TPSA) is 64.6 Å². The summed E-state index contributed by atoms with van der Waals surface area (Å²) in [6.07, 6.45) is 1.08. The van der Waals surface area contributed by atoms with Crippen molar-refractivity contribution in [2.24, 2.45) is 5.10 Å². The number of carbonyl (C=O) groups excluding carboxylic acids is 1. The monoisotopic (exact) mass is 467 g/mol. The first kappa shape index (κ1) is 20.8. The van der Waals surface area contributed by atoms with Crippen molar-refractivity contribution in [3.05, 3.63) is 64.4 Å². The third kappa shape index (κ3) is 4.32. The van der Waals surface area contributed by atoms with Gasteiger partial charge in [-0.1, -0.05) is 54.0 Å². The summed E-state index contributed by atoms with van der Waals surface area (Å²) in [5, 5.41) is 6.39. The minimum Gasteiger partial charge on any atom is -0.340 e. The normalized spacial score (nSPS) is 16.5. The van der Waals surface area contributed by atoms with Crippen molar-refractivity contribution in [3.8, 4) is 0 Å². The highest BCUT2D eigenvalue weighted by molar-refractivity contribution is 9.10. The molecule has 0 fully saturated rings. The van der Waals surface area contributed by atoms with Gasteiger partial charge in [-0.2, -0.15) is 5.10 Å². The zero-order valence-electron chi connectivity index (χ0n) is 17.3. The van der Waals surface area contributed by atoms with Crippen LogP contribution in [0.5, 0.6) is 0 Å². The molecule has 156 valence electrons. The molecule has 1 amide bonds. The molecule has 30 heavy (non-hydrogen) atoms. The van der Waals surface area contributed by atoms with Crippen molar-refractivity contribution < 1.29 is 4.79 Å². The SMILES string of the molecule is CCN(CC)CCC(=O)N1N=C(c2ccc(Br)cc2)CC1c1nc2ccccc2[nH]1. The van der Waals surface area contributed by atoms with Gasteiger partial charge in [0.1, 0.15) is 11.9 Å². The lowest BCUT2D eigenvalue weighted by atomic mass is 10.0. The van der Waals surface area contributed by atoms with E-state index in [9.17, 15) is 4.79 Å². The predicted octanol–water partition coefficient (Wildman–Crippen LogP) is 4.74. The number of nitrogens with one attached hydrogen (secondary N) is 1. The smallest absolute Gasteiger partial charge is 0.244 e. The van der Waals surface area contributed by atoms with Gasteiger partial charge in [0.25, 0.3) is 0 Å². The first-order chi connectivity index (χ1) is 14.6. The highest BCUT2D eigenvalue weighted by Crippen LogP contribution is 2.33. The van der Waals surface area contributed by atoms with Gasteiger partial charge in [0.2, 0.25) is 5.91 Å². The fourth-order valence-electron chi connectivity index (χ4n) is 3.81. The fourth-order valence-corrected chi connectivity index (χ4v) is 4.07. The van der Waals surface area contributed by atoms with Crippen LogP contribution in [0.3, 0.4) is 0 Å². The Labute approximate surface area is 185 Å². The van der Waals surface area contributed by atoms with Crippen molar-refractivity contribution >= 4 is 38.6 Å². The fraction of sp³-hybridized carbons (Fsp3) is 0.348. The van der Waals surface area contributed by atoms with Crippen molar-refractivity contribution in [1.82, 2.24) is 19.9 Å². The van der Waals surface area contributed by atoms with Gasteiger partial charge >= 0.3 is 0 Å². The summed E-state index contributed by atoms with van der Waals surface area (Å²) in [6.45, 7) is 6.84. The molecule has 6 nitrogen and oxygen atoms in total. The van der Waals surface area contributed by atoms with Crippen LogP contribution in [-0.4, -0.2) is 51.1 Å². The molecule has 7 heteroatoms. The van der Waals surface area contributed by atoms with E-state index >= 15 is 0 Å². The van der Waals surface area contributed by atoms with E-state index in [1.54, 1.807) is 5.01 Å². The Morgan fingerprint density at radius 3 is 2.60 bits per heavy atom. The molecule has 0 radical (unpaired) electrons. The highest BCUT2D eigenvalue weighted by Gasteiger charge is 2.35. The lowest BCUT2D eigenvalue weighted by Crippen LogP contribution is -2.32. The predicted molar refractivity (Wildman–Crippen MR) is 123 cm³/mol. The van der Waals surface area contributed by atoms with Crippen LogP contribution in [-0.2, 0) is 4.79 Å². The summed E-state index contributed by atoms with van der Waals surface area (Å²) < 4.78 is 1.02. The molecule has 3 aromatic rings. The molecule has 0 aliphatic carbocycles. The van der Waals surface area contributed by atoms with Crippen molar-refractivity contribution in [3.63, 3.8) is 0 Å². The minimum absolute atomic E-state index is 0.0273. The largest absolute Gasteiger partial charge is 0.340 e. The number of amides is 1. The van der Waals surface area contributed by atoms with E-state index < -0.39 is 0 Å². The van der Waals surface area contributed by atoms with Crippen LogP contribution >= 0.6 is 15.9 Å². The molecular weight excluding hydrogens is 442 g/mol. The zero-order chi connectivity index (χ0) is 21.1. The van der Waals surface area contributed by atoms with Gasteiger partial charge < -0.3 is 9.88 Å². The van der Waals surface area contributed by atoms with Crippen LogP contribution in [0.15, 0.2) is 58.1 Å². The molecule has 0 saturated heterocycles. The van der Waals surface area contributed by atoms with Gasteiger partial charge in [-0.05, 0) is 42.9 Å². The van der Waals surface area contributed by atoms with E-state index in [4.69, 9.17) is 10.1 Å². The Morgan fingerprint density at radius 2 is 1.90 bits per heavy atom. The minimum atomic E-state index is -0.222. The lowest BCUT2D eigenvalue weighted by Gasteiger charge is -2.22. The number of H-pyrrole nitrogens is 1. The first-order valence-electron chi connectivity index (χ1n) is 10.4. The average Bonchev–Trinajstić information content (AvgIpc) is 3.39. The molecule has 1 atom stereocenters. The molecule has 1 N–H and O–H groups in total. The van der Waals surface area contributed by atoms with E-state index in [0.717, 1.165) is 52.2 Å². The molecule has 0 saturated carbocycles. The molecular formula is C23H26BrN5O. The molecule has 2 heterocycles. The van der Waals surface area contributed by atoms with Gasteiger partial charge in [-0.25, -0.2) is 9.99 Å². The summed E-state index contributed by atoms with van der Waals surface area (Å²) in [5.41, 5.74) is 3.81. The van der Waals surface area contributed by atoms with Crippen LogP contribution in [0.1, 0.15) is 44.1 Å². The second-order valence-electron chi connectivity index (χ2n) is 7.43. The number of para-hydroxylation sites is 2. The molecule has 2 aromatic carbocycles. The Hall–Kier alpha value is -2.51. The average molecular weight is 468 g/mol. The highest BCUT2D eigenvalue weighted by atomic mass is 79.9. The maximum Gasteiger partial charge on any atom is 0.244 e. The molecule has 1 aliphatic heterocycles. The van der Waals surface area contributed by atoms with Crippen molar-refractivity contribution in [1.29, 1.82) is 0 Å². The summed E-state index contributed by atoms with van der Waals surface area (Å²) in [7, 11) is 0. The van der Waals surface area contributed by atoms with Gasteiger partial charge in [0.15, 0.2) is 0 Å². The molecule has 1 aromatic heterocycles. The summed E-state index contributed by atoms with van der Waals surface area (Å²) in [6, 6.07) is 15.8. The second kappa shape index (κ2) is 9.10. The molecule has 1 unspecified atom stereocenters. The van der Waals surface area contributed by atoms with Crippen molar-refractivity contribution in [2.75, 3.05) is 19.6 Å². The quantitative estimate of drug-likeness (QED) is 0.545. The number of benzene rings is 2. The number of hydrogen-bond acceptors (Lipinski definition) is 4. The third-order valence-corrected chi connectivity index (χ3v) is 6.13. The Bertz CT molecular complexity index is 1020. The number of halogens is 1. The van der Waals surface area contributed by atoms with Gasteiger partial charge in [-0.3, -0.25) is 4.79 Å². The van der Waals surface area contributed by atoms with E-state index in [0.29, 0.717) is 12.8 Å². The number of fused-ring (bicyclic) bond motifs is 1. The first-order valence-corrected chi connectivity index (χ1v) is 11.2. The van der Waals surface area contributed by atoms with Crippen LogP contribution in [0.25, 0.3) is 11.0 Å². The van der Waals surface area contributed by atoms with Gasteiger partial charge in [0, 0.05) is 23.9 Å². The number of rotatable bonds is 7. The Balaban J connectivity index is 1.63. The van der Waals surface area contributed by atoms with Crippen LogP contribution in [0.2, 0.25) is 0 Å². The standard InChI is InChI=1S/C23H26BrN5O/c1-3-28(4-2)14-13-22(30)29-21(23-25-18-7-5-6-8-19(18)26-23)15-20(27-29)16-9-11-17(24)12-10-16/h5-12,21H,3-4,13-15H2,1-2H3,(H,25,26). The van der Waals surface area contributed by atoms with E-state index in [1.165, 1.54) is 0 Å². The van der Waals surface area contributed by atoms with E-state index in [1.807, 2.05) is 48.5 Å². The Morgan fingerprint density at radius 1 is 1.17 bits per heavy atom. The van der Waals surface area contributed by atoms with Gasteiger partial charge in [0.05, 0.1) is 16.7 Å². The number of nitrogens with zero attached hydrogens (tertiary/aromatic N) is 4. The van der Waals surface area contributed by atoms with Gasteiger partial charge in [-0.15, -0.1) is 0 Å². The number of aromatic nitrogens is 2. The van der Waals surface area contributed by atoms with Crippen LogP contribution in [0.4, 0.5) is 0 Å². The van der Waals surface area contributed by atoms with E-state index in [-0.39, 0.29) is 11.9 Å². The number of imidazole rings is 1. The van der Waals surface area contributed by atoms with Crippen LogP contribution in [0, 0.1) is 0 Å². The third-order valence-electron chi connectivity index (χ3n) is 5.60. The number of hydrazone groups is 1. The molecule has 1 aliphatic rings. The molecule has 0 spiro atoms. The molecule has 0 bridgehead atoms. The maximum atomic E-state index is 13.2. The van der Waals surface area contributed by atoms with Crippen molar-refractivity contribution in [2.45, 2.75) is 32.7 Å². The summed E-state index contributed by atoms with van der Waals surface area (Å²) in [4.78, 5) is 23.6. The summed E-state index contributed by atoms with van der Waals surface area (Å²) in [5.74, 6) is 0.808. The lowest BCUT2D eigenvalue weighted by molar-refractivity contribution is -0.133. The van der Waals surface area contributed by atoms with E-state index in [2.05, 4.69) is 39.7 Å². The second-order valence-corrected chi connectivity index (χ2v) is 8.34. The number of aromatic amines is 1. The zero-order valence-corrected chi connectivity index (χ0v) is 18.9. The number of hydrogen-bond donors (Lipinski definition) is 1. The number of carbonyl (C=O) groups is 1. The maximum absolute atomic E-state index is 13.2. The Kier molecular flexibility index (Phi) is 6.29. The van der Waals surface area contributed by atoms with Crippen LogP contribution < -0.4 is 0 Å². The summed E-state index contributed by atoms with van der Waals surface area (Å²) >= 11 is 3.48.